The predicted octanol–water partition coefficient (Wildman–Crippen LogP) is -1.74. The third-order valence-electron chi connectivity index (χ3n) is 0.167. The van der Waals surface area contributed by atoms with Gasteiger partial charge in [-0.15, -0.1) is 0 Å². The first-order valence-electron chi connectivity index (χ1n) is 1.32. The number of hydrogen-bond acceptors (Lipinski definition) is 2. The molecule has 0 aliphatic heterocycles. The summed E-state index contributed by atoms with van der Waals surface area (Å²) >= 11 is 0. The van der Waals surface area contributed by atoms with E-state index in [-0.39, 0.29) is 51.4 Å². The van der Waals surface area contributed by atoms with Gasteiger partial charge in [0.2, 0.25) is 0 Å². The van der Waals surface area contributed by atoms with E-state index in [0.29, 0.717) is 13.1 Å². The molecule has 0 radical (unpaired) electrons. The molecule has 0 aliphatic carbocycles. The van der Waals surface area contributed by atoms with Gasteiger partial charge in [0.1, 0.15) is 0 Å². The SMILES string of the molecule is NCCN.[KH]. The van der Waals surface area contributed by atoms with Gasteiger partial charge in [-0.25, -0.2) is 0 Å². The van der Waals surface area contributed by atoms with Gasteiger partial charge in [0.15, 0.2) is 0 Å². The second-order valence-electron chi connectivity index (χ2n) is 0.577. The molecule has 0 amide bonds. The molecule has 5 heavy (non-hydrogen) atoms. The Balaban J connectivity index is 0. The third-order valence-corrected chi connectivity index (χ3v) is 0.167. The van der Waals surface area contributed by atoms with Crippen molar-refractivity contribution in [3.63, 3.8) is 0 Å². The van der Waals surface area contributed by atoms with E-state index >= 15 is 0 Å². The fraction of sp³-hybridized carbons (Fsp3) is 1.00. The van der Waals surface area contributed by atoms with Gasteiger partial charge in [0, 0.05) is 13.1 Å². The Labute approximate surface area is 74.7 Å². The summed E-state index contributed by atoms with van der Waals surface area (Å²) in [5.41, 5.74) is 9.81. The summed E-state index contributed by atoms with van der Waals surface area (Å²) in [7, 11) is 0. The van der Waals surface area contributed by atoms with Crippen molar-refractivity contribution in [1.82, 2.24) is 0 Å². The van der Waals surface area contributed by atoms with Crippen LogP contribution in [-0.4, -0.2) is 64.5 Å². The van der Waals surface area contributed by atoms with Gasteiger partial charge in [0.05, 0.1) is 0 Å². The topological polar surface area (TPSA) is 52.0 Å². The van der Waals surface area contributed by atoms with Crippen LogP contribution in [0.3, 0.4) is 0 Å². The summed E-state index contributed by atoms with van der Waals surface area (Å²) in [6, 6.07) is 0. The average Bonchev–Trinajstić information content (AvgIpc) is 1.37. The molecule has 0 atom stereocenters. The van der Waals surface area contributed by atoms with Crippen molar-refractivity contribution < 1.29 is 0 Å². The Morgan fingerprint density at radius 2 is 1.20 bits per heavy atom. The van der Waals surface area contributed by atoms with Gasteiger partial charge in [-0.3, -0.25) is 0 Å². The summed E-state index contributed by atoms with van der Waals surface area (Å²) in [4.78, 5) is 0. The molecule has 0 aromatic heterocycles. The zero-order chi connectivity index (χ0) is 3.41. The standard InChI is InChI=1S/C2H8N2.K.H/c3-1-2-4;;/h1-4H2;;. The summed E-state index contributed by atoms with van der Waals surface area (Å²) in [6.07, 6.45) is 0. The van der Waals surface area contributed by atoms with Crippen LogP contribution in [-0.2, 0) is 0 Å². The van der Waals surface area contributed by atoms with E-state index < -0.39 is 0 Å². The fourth-order valence-electron chi connectivity index (χ4n) is 0. The molecule has 0 aromatic carbocycles. The molecule has 0 heterocycles. The van der Waals surface area contributed by atoms with E-state index in [0.717, 1.165) is 0 Å². The zero-order valence-corrected chi connectivity index (χ0v) is 2.57. The van der Waals surface area contributed by atoms with E-state index in [2.05, 4.69) is 0 Å². The van der Waals surface area contributed by atoms with Crippen LogP contribution < -0.4 is 11.5 Å². The van der Waals surface area contributed by atoms with E-state index in [1.807, 2.05) is 0 Å². The molecule has 0 rings (SSSR count). The molecule has 0 fully saturated rings. The second kappa shape index (κ2) is 9.12. The van der Waals surface area contributed by atoms with Gasteiger partial charge in [-0.1, -0.05) is 0 Å². The van der Waals surface area contributed by atoms with Gasteiger partial charge >= 0.3 is 51.4 Å². The summed E-state index contributed by atoms with van der Waals surface area (Å²) in [5.74, 6) is 0. The Morgan fingerprint density at radius 1 is 1.00 bits per heavy atom. The fourth-order valence-corrected chi connectivity index (χ4v) is 0. The maximum absolute atomic E-state index is 4.90. The Kier molecular flexibility index (Phi) is 17.8. The Morgan fingerprint density at radius 3 is 1.20 bits per heavy atom. The molecular weight excluding hydrogens is 91.1 g/mol. The van der Waals surface area contributed by atoms with Crippen molar-refractivity contribution in [3.8, 4) is 0 Å². The van der Waals surface area contributed by atoms with Crippen LogP contribution in [0.5, 0.6) is 0 Å². The molecule has 0 aliphatic rings. The number of hydrogen-bond donors (Lipinski definition) is 2. The maximum atomic E-state index is 4.90. The molecule has 0 saturated heterocycles. The first-order valence-corrected chi connectivity index (χ1v) is 1.32. The van der Waals surface area contributed by atoms with E-state index in [1.165, 1.54) is 0 Å². The van der Waals surface area contributed by atoms with Crippen molar-refractivity contribution >= 4 is 51.4 Å². The van der Waals surface area contributed by atoms with Crippen molar-refractivity contribution in [2.24, 2.45) is 11.5 Å². The van der Waals surface area contributed by atoms with E-state index in [9.17, 15) is 0 Å². The number of rotatable bonds is 1. The second-order valence-corrected chi connectivity index (χ2v) is 0.577. The summed E-state index contributed by atoms with van der Waals surface area (Å²) in [6.45, 7) is 1.19. The first-order chi connectivity index (χ1) is 1.91. The van der Waals surface area contributed by atoms with Gasteiger partial charge in [-0.2, -0.15) is 0 Å². The molecule has 0 saturated carbocycles. The van der Waals surface area contributed by atoms with Crippen LogP contribution in [0.4, 0.5) is 0 Å². The molecular formula is C2H9KN2. The predicted molar refractivity (Wildman–Crippen MR) is 25.3 cm³/mol. The average molecular weight is 100 g/mol. The van der Waals surface area contributed by atoms with Crippen LogP contribution >= 0.6 is 0 Å². The summed E-state index contributed by atoms with van der Waals surface area (Å²) in [5, 5.41) is 0. The van der Waals surface area contributed by atoms with Crippen LogP contribution in [0.25, 0.3) is 0 Å². The van der Waals surface area contributed by atoms with E-state index in [4.69, 9.17) is 11.5 Å². The summed E-state index contributed by atoms with van der Waals surface area (Å²) < 4.78 is 0. The van der Waals surface area contributed by atoms with E-state index in [1.54, 1.807) is 0 Å². The van der Waals surface area contributed by atoms with Gasteiger partial charge in [0.25, 0.3) is 0 Å². The number of nitrogens with two attached hydrogens (primary N) is 2. The first kappa shape index (κ1) is 9.75. The third kappa shape index (κ3) is 10.8. The van der Waals surface area contributed by atoms with Crippen LogP contribution in [0.1, 0.15) is 0 Å². The van der Waals surface area contributed by atoms with Gasteiger partial charge < -0.3 is 11.5 Å². The molecule has 2 nitrogen and oxygen atoms in total. The van der Waals surface area contributed by atoms with Crippen molar-refractivity contribution in [2.75, 3.05) is 13.1 Å². The van der Waals surface area contributed by atoms with Crippen molar-refractivity contribution in [2.45, 2.75) is 0 Å². The molecule has 3 heteroatoms. The van der Waals surface area contributed by atoms with Crippen molar-refractivity contribution in [3.05, 3.63) is 0 Å². The monoisotopic (exact) mass is 100 g/mol. The molecule has 0 unspecified atom stereocenters. The Hall–Kier alpha value is 1.56. The molecule has 0 spiro atoms. The van der Waals surface area contributed by atoms with Gasteiger partial charge in [-0.05, 0) is 0 Å². The molecule has 0 aromatic rings. The zero-order valence-electron chi connectivity index (χ0n) is 2.57. The molecule has 4 N–H and O–H groups in total. The quantitative estimate of drug-likeness (QED) is 0.384. The van der Waals surface area contributed by atoms with Crippen LogP contribution in [0, 0.1) is 0 Å². The molecule has 0 bridgehead atoms. The van der Waals surface area contributed by atoms with Crippen LogP contribution in [0.15, 0.2) is 0 Å². The van der Waals surface area contributed by atoms with Crippen LogP contribution in [0.2, 0.25) is 0 Å². The minimum atomic E-state index is 0. The minimum absolute atomic E-state index is 0. The normalized spacial score (nSPS) is 6.00. The Bertz CT molecular complexity index is 9.61. The molecule has 28 valence electrons. The van der Waals surface area contributed by atoms with Crippen molar-refractivity contribution in [1.29, 1.82) is 0 Å².